The van der Waals surface area contributed by atoms with E-state index in [1.807, 2.05) is 0 Å². The van der Waals surface area contributed by atoms with Crippen LogP contribution in [0.15, 0.2) is 12.2 Å². The van der Waals surface area contributed by atoms with E-state index in [0.717, 1.165) is 70.6 Å². The molecule has 0 heterocycles. The molecule has 6 nitrogen and oxygen atoms in total. The van der Waals surface area contributed by atoms with Crippen LogP contribution in [0.25, 0.3) is 0 Å². The van der Waals surface area contributed by atoms with Crippen molar-refractivity contribution in [1.29, 1.82) is 0 Å². The maximum Gasteiger partial charge on any atom is 0.305 e. The molecule has 3 N–H and O–H groups in total. The first-order valence-corrected chi connectivity index (χ1v) is 31.4. The van der Waals surface area contributed by atoms with Crippen LogP contribution in [-0.2, 0) is 14.3 Å². The van der Waals surface area contributed by atoms with E-state index >= 15 is 0 Å². The first-order valence-electron chi connectivity index (χ1n) is 31.4. The molecular weight excluding hydrogens is 851 g/mol. The first kappa shape index (κ1) is 67.6. The predicted octanol–water partition coefficient (Wildman–Crippen LogP) is 19.6. The van der Waals surface area contributed by atoms with E-state index in [2.05, 4.69) is 31.3 Å². The topological polar surface area (TPSA) is 95.9 Å². The van der Waals surface area contributed by atoms with Crippen LogP contribution in [0.5, 0.6) is 0 Å². The van der Waals surface area contributed by atoms with Gasteiger partial charge in [0.15, 0.2) is 0 Å². The van der Waals surface area contributed by atoms with Crippen LogP contribution in [0, 0.1) is 0 Å². The molecule has 0 radical (unpaired) electrons. The number of unbranched alkanes of at least 4 members (excludes halogenated alkanes) is 46. The van der Waals surface area contributed by atoms with E-state index in [1.54, 1.807) is 0 Å². The number of nitrogens with one attached hydrogen (secondary N) is 1. The molecule has 2 unspecified atom stereocenters. The van der Waals surface area contributed by atoms with Gasteiger partial charge in [-0.15, -0.1) is 0 Å². The molecule has 0 aliphatic heterocycles. The second-order valence-electron chi connectivity index (χ2n) is 21.7. The second kappa shape index (κ2) is 59.2. The molecule has 0 saturated heterocycles. The van der Waals surface area contributed by atoms with Crippen molar-refractivity contribution >= 4 is 11.9 Å². The van der Waals surface area contributed by atoms with Crippen LogP contribution in [0.3, 0.4) is 0 Å². The molecule has 0 aromatic heterocycles. The van der Waals surface area contributed by atoms with E-state index in [-0.39, 0.29) is 18.5 Å². The number of carbonyl (C=O) groups excluding carboxylic acids is 2. The van der Waals surface area contributed by atoms with Crippen LogP contribution >= 0.6 is 0 Å². The minimum atomic E-state index is -0.675. The Bertz CT molecular complexity index is 1030. The van der Waals surface area contributed by atoms with Gasteiger partial charge in [0.05, 0.1) is 25.4 Å². The van der Waals surface area contributed by atoms with E-state index in [0.29, 0.717) is 25.9 Å². The fourth-order valence-electron chi connectivity index (χ4n) is 9.99. The third kappa shape index (κ3) is 55.8. The molecule has 0 aliphatic rings. The lowest BCUT2D eigenvalue weighted by molar-refractivity contribution is -0.143. The second-order valence-corrected chi connectivity index (χ2v) is 21.7. The Balaban J connectivity index is 3.45. The smallest absolute Gasteiger partial charge is 0.305 e. The minimum Gasteiger partial charge on any atom is -0.466 e. The maximum atomic E-state index is 12.5. The molecule has 0 aliphatic carbocycles. The Labute approximate surface area is 431 Å². The summed E-state index contributed by atoms with van der Waals surface area (Å²) in [7, 11) is 0. The number of aliphatic hydroxyl groups excluding tert-OH is 2. The van der Waals surface area contributed by atoms with Gasteiger partial charge < -0.3 is 20.3 Å². The molecule has 69 heavy (non-hydrogen) atoms. The summed E-state index contributed by atoms with van der Waals surface area (Å²) in [6.45, 7) is 4.95. The normalized spacial score (nSPS) is 12.6. The zero-order chi connectivity index (χ0) is 50.0. The quantitative estimate of drug-likeness (QED) is 0.0321. The van der Waals surface area contributed by atoms with E-state index in [1.165, 1.54) is 250 Å². The molecule has 0 aromatic rings. The molecule has 6 heteroatoms. The maximum absolute atomic E-state index is 12.5. The van der Waals surface area contributed by atoms with Crippen LogP contribution in [0.2, 0.25) is 0 Å². The van der Waals surface area contributed by atoms with Crippen molar-refractivity contribution in [1.82, 2.24) is 5.32 Å². The first-order chi connectivity index (χ1) is 34.0. The highest BCUT2D eigenvalue weighted by molar-refractivity contribution is 5.76. The molecule has 0 aromatic carbocycles. The minimum absolute atomic E-state index is 0.00662. The van der Waals surface area contributed by atoms with E-state index in [9.17, 15) is 19.8 Å². The zero-order valence-electron chi connectivity index (χ0n) is 46.8. The Hall–Kier alpha value is -1.40. The van der Waals surface area contributed by atoms with Gasteiger partial charge in [0.1, 0.15) is 0 Å². The van der Waals surface area contributed by atoms with Gasteiger partial charge in [-0.3, -0.25) is 9.59 Å². The number of hydrogen-bond acceptors (Lipinski definition) is 5. The van der Waals surface area contributed by atoms with Crippen molar-refractivity contribution in [2.24, 2.45) is 0 Å². The summed E-state index contributed by atoms with van der Waals surface area (Å²) in [5.74, 6) is -0.0525. The van der Waals surface area contributed by atoms with Gasteiger partial charge in [0.2, 0.25) is 5.91 Å². The molecule has 0 bridgehead atoms. The molecule has 0 saturated carbocycles. The highest BCUT2D eigenvalue weighted by Gasteiger charge is 2.20. The fourth-order valence-corrected chi connectivity index (χ4v) is 9.99. The summed E-state index contributed by atoms with van der Waals surface area (Å²) < 4.78 is 5.47. The summed E-state index contributed by atoms with van der Waals surface area (Å²) in [5.41, 5.74) is 0. The number of hydrogen-bond donors (Lipinski definition) is 3. The predicted molar refractivity (Wildman–Crippen MR) is 301 cm³/mol. The number of aliphatic hydroxyl groups is 2. The number of esters is 1. The number of ether oxygens (including phenoxy) is 1. The Morgan fingerprint density at radius 1 is 0.391 bits per heavy atom. The van der Waals surface area contributed by atoms with Crippen molar-refractivity contribution < 1.29 is 24.5 Å². The number of allylic oxidation sites excluding steroid dienone is 2. The van der Waals surface area contributed by atoms with Crippen molar-refractivity contribution in [2.45, 2.75) is 366 Å². The standard InChI is InChI=1S/C63H123NO5/c1-3-5-7-9-11-13-15-17-19-20-21-22-23-24-25-26-28-31-35-39-43-47-51-55-61(66)60(59-65)64-62(67)56-52-48-44-40-36-32-29-27-30-34-38-42-46-50-54-58-69-63(68)57-53-49-45-41-37-33-18-16-14-12-10-8-6-4-2/h30,34,60-61,65-66H,3-29,31-33,35-59H2,1-2H3,(H,64,67)/b34-30-. The third-order valence-corrected chi connectivity index (χ3v) is 14.8. The monoisotopic (exact) mass is 974 g/mol. The molecule has 410 valence electrons. The third-order valence-electron chi connectivity index (χ3n) is 14.8. The molecular formula is C63H123NO5. The number of rotatable bonds is 59. The van der Waals surface area contributed by atoms with Crippen LogP contribution in [0.1, 0.15) is 354 Å². The summed E-state index contributed by atoms with van der Waals surface area (Å²) in [6, 6.07) is -0.553. The van der Waals surface area contributed by atoms with Crippen molar-refractivity contribution in [3.05, 3.63) is 12.2 Å². The molecule has 2 atom stereocenters. The molecule has 0 rings (SSSR count). The van der Waals surface area contributed by atoms with Crippen molar-refractivity contribution in [3.63, 3.8) is 0 Å². The number of amides is 1. The Morgan fingerprint density at radius 2 is 0.681 bits per heavy atom. The Kier molecular flexibility index (Phi) is 58.0. The lowest BCUT2D eigenvalue weighted by atomic mass is 10.0. The van der Waals surface area contributed by atoms with Gasteiger partial charge in [-0.2, -0.15) is 0 Å². The molecule has 0 spiro atoms. The van der Waals surface area contributed by atoms with Gasteiger partial charge in [0.25, 0.3) is 0 Å². The summed E-state index contributed by atoms with van der Waals surface area (Å²) >= 11 is 0. The number of carbonyl (C=O) groups is 2. The lowest BCUT2D eigenvalue weighted by Gasteiger charge is -2.22. The molecule has 0 fully saturated rings. The van der Waals surface area contributed by atoms with Gasteiger partial charge >= 0.3 is 5.97 Å². The summed E-state index contributed by atoms with van der Waals surface area (Å²) in [5, 5.41) is 23.4. The van der Waals surface area contributed by atoms with Gasteiger partial charge in [-0.05, 0) is 51.4 Å². The van der Waals surface area contributed by atoms with E-state index in [4.69, 9.17) is 4.74 Å². The summed E-state index contributed by atoms with van der Waals surface area (Å²) in [4.78, 5) is 24.6. The highest BCUT2D eigenvalue weighted by Crippen LogP contribution is 2.18. The van der Waals surface area contributed by atoms with Crippen molar-refractivity contribution in [2.75, 3.05) is 13.2 Å². The van der Waals surface area contributed by atoms with Gasteiger partial charge in [-0.1, -0.05) is 302 Å². The average molecular weight is 975 g/mol. The SMILES string of the molecule is CCCCCCCCCCCCCCCCCCCCCCCCCC(O)C(CO)NC(=O)CCCCCCCCC/C=C\CCCCCCOC(=O)CCCCCCCCCCCCCCCC. The largest absolute Gasteiger partial charge is 0.466 e. The Morgan fingerprint density at radius 3 is 1.03 bits per heavy atom. The average Bonchev–Trinajstić information content (AvgIpc) is 3.35. The summed E-state index contributed by atoms with van der Waals surface area (Å²) in [6.07, 6.45) is 70.7. The lowest BCUT2D eigenvalue weighted by Crippen LogP contribution is -2.45. The van der Waals surface area contributed by atoms with Crippen LogP contribution < -0.4 is 5.32 Å². The van der Waals surface area contributed by atoms with E-state index < -0.39 is 12.1 Å². The van der Waals surface area contributed by atoms with Gasteiger partial charge in [0, 0.05) is 12.8 Å². The zero-order valence-corrected chi connectivity index (χ0v) is 46.8. The molecule has 1 amide bonds. The van der Waals surface area contributed by atoms with Crippen LogP contribution in [0.4, 0.5) is 0 Å². The van der Waals surface area contributed by atoms with Crippen LogP contribution in [-0.4, -0.2) is 47.4 Å². The van der Waals surface area contributed by atoms with Gasteiger partial charge in [-0.25, -0.2) is 0 Å². The van der Waals surface area contributed by atoms with Crippen molar-refractivity contribution in [3.8, 4) is 0 Å². The fraction of sp³-hybridized carbons (Fsp3) is 0.937. The highest BCUT2D eigenvalue weighted by atomic mass is 16.5.